The van der Waals surface area contributed by atoms with Gasteiger partial charge in [-0.15, -0.1) is 0 Å². The van der Waals surface area contributed by atoms with Crippen LogP contribution in [0.5, 0.6) is 0 Å². The smallest absolute Gasteiger partial charge is 0.224 e. The molecule has 1 saturated heterocycles. The molecule has 1 N–H and O–H groups in total. The largest absolute Gasteiger partial charge is 0.343 e. The van der Waals surface area contributed by atoms with Crippen molar-refractivity contribution in [3.63, 3.8) is 0 Å². The fourth-order valence-electron chi connectivity index (χ4n) is 2.07. The first kappa shape index (κ1) is 12.5. The molecule has 0 aromatic rings. The molecule has 0 aromatic carbocycles. The van der Waals surface area contributed by atoms with Gasteiger partial charge in [-0.05, 0) is 32.2 Å². The lowest BCUT2D eigenvalue weighted by Crippen LogP contribution is -2.41. The van der Waals surface area contributed by atoms with E-state index in [0.717, 1.165) is 25.6 Å². The zero-order valence-electron chi connectivity index (χ0n) is 10.3. The second-order valence-corrected chi connectivity index (χ2v) is 4.73. The summed E-state index contributed by atoms with van der Waals surface area (Å²) in [5.41, 5.74) is 0. The van der Waals surface area contributed by atoms with Gasteiger partial charge in [0.05, 0.1) is 0 Å². The van der Waals surface area contributed by atoms with E-state index in [4.69, 9.17) is 0 Å². The highest BCUT2D eigenvalue weighted by Gasteiger charge is 2.21. The third-order valence-corrected chi connectivity index (χ3v) is 3.17. The third-order valence-electron chi connectivity index (χ3n) is 3.17. The molecule has 3 heteroatoms. The first-order chi connectivity index (χ1) is 7.13. The molecule has 88 valence electrons. The van der Waals surface area contributed by atoms with Crippen molar-refractivity contribution in [2.75, 3.05) is 19.6 Å². The van der Waals surface area contributed by atoms with Gasteiger partial charge in [-0.1, -0.05) is 13.8 Å². The monoisotopic (exact) mass is 212 g/mol. The molecule has 15 heavy (non-hydrogen) atoms. The fraction of sp³-hybridized carbons (Fsp3) is 0.917. The normalized spacial score (nSPS) is 20.3. The average Bonchev–Trinajstić information content (AvgIpc) is 2.18. The predicted octanol–water partition coefficient (Wildman–Crippen LogP) is 1.63. The molecule has 3 nitrogen and oxygen atoms in total. The lowest BCUT2D eigenvalue weighted by molar-refractivity contribution is -0.132. The van der Waals surface area contributed by atoms with Crippen LogP contribution in [0.4, 0.5) is 0 Å². The third kappa shape index (κ3) is 4.20. The van der Waals surface area contributed by atoms with Crippen LogP contribution in [0.25, 0.3) is 0 Å². The standard InChI is InChI=1S/C12H24N2O/c1-4-13-11(3)9-12(15)14-7-5-10(2)6-8-14/h10-11,13H,4-9H2,1-3H3. The quantitative estimate of drug-likeness (QED) is 0.768. The average molecular weight is 212 g/mol. The molecule has 0 aromatic heterocycles. The van der Waals surface area contributed by atoms with Gasteiger partial charge in [0.2, 0.25) is 5.91 Å². The van der Waals surface area contributed by atoms with Crippen LogP contribution in [0, 0.1) is 5.92 Å². The minimum atomic E-state index is 0.307. The van der Waals surface area contributed by atoms with Crippen LogP contribution in [-0.4, -0.2) is 36.5 Å². The van der Waals surface area contributed by atoms with Crippen LogP contribution in [0.2, 0.25) is 0 Å². The molecule has 1 amide bonds. The Balaban J connectivity index is 2.27. The summed E-state index contributed by atoms with van der Waals surface area (Å²) in [5.74, 6) is 1.11. The summed E-state index contributed by atoms with van der Waals surface area (Å²) in [6.07, 6.45) is 2.98. The Bertz CT molecular complexity index is 198. The maximum Gasteiger partial charge on any atom is 0.224 e. The van der Waals surface area contributed by atoms with E-state index in [1.54, 1.807) is 0 Å². The fourth-order valence-corrected chi connectivity index (χ4v) is 2.07. The van der Waals surface area contributed by atoms with E-state index in [-0.39, 0.29) is 0 Å². The Morgan fingerprint density at radius 2 is 2.07 bits per heavy atom. The molecule has 0 saturated carbocycles. The van der Waals surface area contributed by atoms with E-state index in [9.17, 15) is 4.79 Å². The van der Waals surface area contributed by atoms with Gasteiger partial charge in [-0.3, -0.25) is 4.79 Å². The molecule has 1 aliphatic rings. The summed E-state index contributed by atoms with van der Waals surface area (Å²) >= 11 is 0. The second kappa shape index (κ2) is 6.11. The number of carbonyl (C=O) groups is 1. The van der Waals surface area contributed by atoms with Crippen molar-refractivity contribution in [2.45, 2.75) is 46.1 Å². The molecular formula is C12H24N2O. The molecule has 0 radical (unpaired) electrons. The molecule has 1 fully saturated rings. The predicted molar refractivity (Wildman–Crippen MR) is 62.7 cm³/mol. The zero-order chi connectivity index (χ0) is 11.3. The number of amides is 1. The van der Waals surface area contributed by atoms with Crippen LogP contribution in [0.3, 0.4) is 0 Å². The Morgan fingerprint density at radius 3 is 2.60 bits per heavy atom. The van der Waals surface area contributed by atoms with Crippen molar-refractivity contribution < 1.29 is 4.79 Å². The minimum Gasteiger partial charge on any atom is -0.343 e. The molecule has 1 rings (SSSR count). The highest BCUT2D eigenvalue weighted by molar-refractivity contribution is 5.76. The Kier molecular flexibility index (Phi) is 5.09. The molecule has 0 bridgehead atoms. The van der Waals surface area contributed by atoms with E-state index in [2.05, 4.69) is 26.1 Å². The van der Waals surface area contributed by atoms with E-state index in [0.29, 0.717) is 18.4 Å². The minimum absolute atomic E-state index is 0.307. The van der Waals surface area contributed by atoms with Crippen LogP contribution in [0.15, 0.2) is 0 Å². The van der Waals surface area contributed by atoms with Gasteiger partial charge in [-0.25, -0.2) is 0 Å². The van der Waals surface area contributed by atoms with Crippen LogP contribution >= 0.6 is 0 Å². The maximum atomic E-state index is 11.9. The first-order valence-corrected chi connectivity index (χ1v) is 6.14. The number of nitrogens with zero attached hydrogens (tertiary/aromatic N) is 1. The van der Waals surface area contributed by atoms with Gasteiger partial charge in [0, 0.05) is 25.6 Å². The summed E-state index contributed by atoms with van der Waals surface area (Å²) in [6, 6.07) is 0.307. The number of rotatable bonds is 4. The molecular weight excluding hydrogens is 188 g/mol. The summed E-state index contributed by atoms with van der Waals surface area (Å²) < 4.78 is 0. The SMILES string of the molecule is CCNC(C)CC(=O)N1CCC(C)CC1. The summed E-state index contributed by atoms with van der Waals surface area (Å²) in [4.78, 5) is 13.9. The van der Waals surface area contributed by atoms with E-state index < -0.39 is 0 Å². The van der Waals surface area contributed by atoms with Crippen molar-refractivity contribution >= 4 is 5.91 Å². The molecule has 1 heterocycles. The lowest BCUT2D eigenvalue weighted by atomic mass is 9.99. The van der Waals surface area contributed by atoms with Crippen molar-refractivity contribution in [1.82, 2.24) is 10.2 Å². The van der Waals surface area contributed by atoms with E-state index >= 15 is 0 Å². The van der Waals surface area contributed by atoms with Gasteiger partial charge in [0.15, 0.2) is 0 Å². The topological polar surface area (TPSA) is 32.3 Å². The van der Waals surface area contributed by atoms with Crippen LogP contribution in [-0.2, 0) is 4.79 Å². The van der Waals surface area contributed by atoms with Crippen LogP contribution < -0.4 is 5.32 Å². The summed E-state index contributed by atoms with van der Waals surface area (Å²) in [6.45, 7) is 9.27. The van der Waals surface area contributed by atoms with Crippen molar-refractivity contribution in [1.29, 1.82) is 0 Å². The Hall–Kier alpha value is -0.570. The van der Waals surface area contributed by atoms with Gasteiger partial charge in [0.1, 0.15) is 0 Å². The lowest BCUT2D eigenvalue weighted by Gasteiger charge is -2.31. The molecule has 1 aliphatic heterocycles. The highest BCUT2D eigenvalue weighted by Crippen LogP contribution is 2.16. The number of carbonyl (C=O) groups excluding carboxylic acids is 1. The van der Waals surface area contributed by atoms with E-state index in [1.165, 1.54) is 12.8 Å². The van der Waals surface area contributed by atoms with Gasteiger partial charge < -0.3 is 10.2 Å². The van der Waals surface area contributed by atoms with Crippen molar-refractivity contribution in [2.24, 2.45) is 5.92 Å². The molecule has 0 aliphatic carbocycles. The van der Waals surface area contributed by atoms with Crippen molar-refractivity contribution in [3.8, 4) is 0 Å². The maximum absolute atomic E-state index is 11.9. The van der Waals surface area contributed by atoms with E-state index in [1.807, 2.05) is 4.90 Å². The van der Waals surface area contributed by atoms with Gasteiger partial charge in [0.25, 0.3) is 0 Å². The van der Waals surface area contributed by atoms with Gasteiger partial charge in [-0.2, -0.15) is 0 Å². The number of hydrogen-bond acceptors (Lipinski definition) is 2. The highest BCUT2D eigenvalue weighted by atomic mass is 16.2. The first-order valence-electron chi connectivity index (χ1n) is 6.14. The molecule has 1 unspecified atom stereocenters. The molecule has 0 spiro atoms. The number of likely N-dealkylation sites (tertiary alicyclic amines) is 1. The van der Waals surface area contributed by atoms with Crippen molar-refractivity contribution in [3.05, 3.63) is 0 Å². The van der Waals surface area contributed by atoms with Crippen LogP contribution in [0.1, 0.15) is 40.0 Å². The zero-order valence-corrected chi connectivity index (χ0v) is 10.3. The summed E-state index contributed by atoms with van der Waals surface area (Å²) in [7, 11) is 0. The van der Waals surface area contributed by atoms with Gasteiger partial charge >= 0.3 is 0 Å². The summed E-state index contributed by atoms with van der Waals surface area (Å²) in [5, 5.41) is 3.28. The number of nitrogens with one attached hydrogen (secondary N) is 1. The Morgan fingerprint density at radius 1 is 1.47 bits per heavy atom. The Labute approximate surface area is 93.2 Å². The second-order valence-electron chi connectivity index (χ2n) is 4.73. The number of piperidine rings is 1. The molecule has 1 atom stereocenters. The number of hydrogen-bond donors (Lipinski definition) is 1.